The molecule has 24 heavy (non-hydrogen) atoms. The second kappa shape index (κ2) is 8.01. The number of nitrogens with two attached hydrogens (primary N) is 1. The van der Waals surface area contributed by atoms with Crippen LogP contribution in [-0.2, 0) is 16.0 Å². The normalized spacial score (nSPS) is 11.4. The first kappa shape index (κ1) is 17.3. The molecule has 0 heterocycles. The van der Waals surface area contributed by atoms with Gasteiger partial charge in [0, 0.05) is 12.0 Å². The monoisotopic (exact) mass is 328 g/mol. The molecule has 0 radical (unpaired) electrons. The molecule has 0 aromatic heterocycles. The van der Waals surface area contributed by atoms with Gasteiger partial charge in [-0.25, -0.2) is 4.79 Å². The minimum absolute atomic E-state index is 0.339. The van der Waals surface area contributed by atoms with Crippen LogP contribution in [-0.4, -0.2) is 32.1 Å². The molecule has 0 aliphatic carbocycles. The Labute approximate surface area is 140 Å². The van der Waals surface area contributed by atoms with E-state index >= 15 is 0 Å². The van der Waals surface area contributed by atoms with E-state index in [1.165, 1.54) is 20.3 Å². The molecule has 1 amide bonds. The lowest BCUT2D eigenvalue weighted by molar-refractivity contribution is -0.142. The van der Waals surface area contributed by atoms with E-state index in [-0.39, 0.29) is 0 Å². The van der Waals surface area contributed by atoms with E-state index in [1.807, 2.05) is 30.3 Å². The van der Waals surface area contributed by atoms with Crippen molar-refractivity contribution in [3.05, 3.63) is 59.7 Å². The van der Waals surface area contributed by atoms with Gasteiger partial charge in [0.1, 0.15) is 11.8 Å². The standard InChI is InChI=1S/C18H20N2O4/c1-23-16-11-13(8-9-14(16)19)17(21)20-15(18(22)24-2)10-12-6-4-3-5-7-12/h3-9,11,15H,10,19H2,1-2H3,(H,20,21)/t15-/m1/s1. The first-order valence-corrected chi connectivity index (χ1v) is 7.41. The number of benzene rings is 2. The predicted octanol–water partition coefficient (Wildman–Crippen LogP) is 1.79. The fourth-order valence-corrected chi connectivity index (χ4v) is 2.28. The van der Waals surface area contributed by atoms with Crippen molar-refractivity contribution < 1.29 is 19.1 Å². The van der Waals surface area contributed by atoms with E-state index in [0.717, 1.165) is 5.56 Å². The summed E-state index contributed by atoms with van der Waals surface area (Å²) in [5.74, 6) is -0.505. The van der Waals surface area contributed by atoms with Crippen molar-refractivity contribution in [3.63, 3.8) is 0 Å². The third-order valence-corrected chi connectivity index (χ3v) is 3.57. The van der Waals surface area contributed by atoms with Crippen LogP contribution >= 0.6 is 0 Å². The summed E-state index contributed by atoms with van der Waals surface area (Å²) in [5.41, 5.74) is 7.45. The SMILES string of the molecule is COC(=O)[C@@H](Cc1ccccc1)NC(=O)c1ccc(N)c(OC)c1. The molecule has 3 N–H and O–H groups in total. The van der Waals surface area contributed by atoms with E-state index in [1.54, 1.807) is 12.1 Å². The predicted molar refractivity (Wildman–Crippen MR) is 90.8 cm³/mol. The van der Waals surface area contributed by atoms with E-state index < -0.39 is 17.9 Å². The number of rotatable bonds is 6. The second-order valence-electron chi connectivity index (χ2n) is 5.20. The highest BCUT2D eigenvalue weighted by molar-refractivity contribution is 5.97. The molecule has 0 saturated heterocycles. The summed E-state index contributed by atoms with van der Waals surface area (Å²) >= 11 is 0. The number of methoxy groups -OCH3 is 2. The van der Waals surface area contributed by atoms with Gasteiger partial charge in [0.05, 0.1) is 19.9 Å². The number of esters is 1. The summed E-state index contributed by atoms with van der Waals surface area (Å²) < 4.78 is 9.90. The van der Waals surface area contributed by atoms with Crippen LogP contribution in [0.5, 0.6) is 5.75 Å². The van der Waals surface area contributed by atoms with Crippen LogP contribution in [0.1, 0.15) is 15.9 Å². The highest BCUT2D eigenvalue weighted by atomic mass is 16.5. The number of amides is 1. The van der Waals surface area contributed by atoms with E-state index in [0.29, 0.717) is 23.4 Å². The summed E-state index contributed by atoms with van der Waals surface area (Å²) in [6.45, 7) is 0. The molecule has 126 valence electrons. The van der Waals surface area contributed by atoms with Gasteiger partial charge in [-0.05, 0) is 23.8 Å². The van der Waals surface area contributed by atoms with Gasteiger partial charge >= 0.3 is 5.97 Å². The molecule has 0 unspecified atom stereocenters. The van der Waals surface area contributed by atoms with Crippen LogP contribution in [0.15, 0.2) is 48.5 Å². The average molecular weight is 328 g/mol. The molecule has 2 aromatic carbocycles. The molecule has 6 heteroatoms. The average Bonchev–Trinajstić information content (AvgIpc) is 2.61. The van der Waals surface area contributed by atoms with E-state index in [9.17, 15) is 9.59 Å². The van der Waals surface area contributed by atoms with Crippen LogP contribution in [0, 0.1) is 0 Å². The molecule has 2 aromatic rings. The summed E-state index contributed by atoms with van der Waals surface area (Å²) in [5, 5.41) is 2.69. The van der Waals surface area contributed by atoms with Gasteiger partial charge in [-0.2, -0.15) is 0 Å². The summed E-state index contributed by atoms with van der Waals surface area (Å²) in [6, 6.07) is 13.3. The quantitative estimate of drug-likeness (QED) is 0.623. The van der Waals surface area contributed by atoms with E-state index in [2.05, 4.69) is 5.32 Å². The van der Waals surface area contributed by atoms with Crippen LogP contribution in [0.25, 0.3) is 0 Å². The number of anilines is 1. The molecule has 1 atom stereocenters. The van der Waals surface area contributed by atoms with Crippen molar-refractivity contribution >= 4 is 17.6 Å². The van der Waals surface area contributed by atoms with Gasteiger partial charge in [0.15, 0.2) is 0 Å². The lowest BCUT2D eigenvalue weighted by Crippen LogP contribution is -2.43. The van der Waals surface area contributed by atoms with Gasteiger partial charge < -0.3 is 20.5 Å². The number of ether oxygens (including phenoxy) is 2. The van der Waals surface area contributed by atoms with Crippen LogP contribution in [0.4, 0.5) is 5.69 Å². The zero-order valence-electron chi connectivity index (χ0n) is 13.6. The Morgan fingerprint density at radius 3 is 2.46 bits per heavy atom. The Hall–Kier alpha value is -3.02. The van der Waals surface area contributed by atoms with Crippen molar-refractivity contribution in [2.45, 2.75) is 12.5 Å². The largest absolute Gasteiger partial charge is 0.495 e. The first-order valence-electron chi connectivity index (χ1n) is 7.41. The third kappa shape index (κ3) is 4.25. The molecular formula is C18H20N2O4. The van der Waals surface area contributed by atoms with Gasteiger partial charge in [-0.1, -0.05) is 30.3 Å². The Kier molecular flexibility index (Phi) is 5.78. The zero-order chi connectivity index (χ0) is 17.5. The van der Waals surface area contributed by atoms with Gasteiger partial charge in [-0.15, -0.1) is 0 Å². The Balaban J connectivity index is 2.16. The maximum Gasteiger partial charge on any atom is 0.328 e. The number of hydrogen-bond acceptors (Lipinski definition) is 5. The van der Waals surface area contributed by atoms with Gasteiger partial charge in [-0.3, -0.25) is 4.79 Å². The van der Waals surface area contributed by atoms with Crippen LogP contribution < -0.4 is 15.8 Å². The second-order valence-corrected chi connectivity index (χ2v) is 5.20. The number of carbonyl (C=O) groups excluding carboxylic acids is 2. The topological polar surface area (TPSA) is 90.7 Å². The van der Waals surface area contributed by atoms with Gasteiger partial charge in [0.25, 0.3) is 5.91 Å². The van der Waals surface area contributed by atoms with Crippen LogP contribution in [0.3, 0.4) is 0 Å². The minimum atomic E-state index is -0.784. The van der Waals surface area contributed by atoms with Crippen molar-refractivity contribution in [3.8, 4) is 5.75 Å². The summed E-state index contributed by atoms with van der Waals surface area (Å²) in [4.78, 5) is 24.4. The molecule has 0 fully saturated rings. The first-order chi connectivity index (χ1) is 11.5. The van der Waals surface area contributed by atoms with E-state index in [4.69, 9.17) is 15.2 Å². The number of carbonyl (C=O) groups is 2. The highest BCUT2D eigenvalue weighted by Crippen LogP contribution is 2.22. The molecule has 0 saturated carbocycles. The molecule has 0 aliphatic heterocycles. The Bertz CT molecular complexity index is 716. The summed E-state index contributed by atoms with van der Waals surface area (Å²) in [6.07, 6.45) is 0.339. The maximum absolute atomic E-state index is 12.4. The molecule has 0 bridgehead atoms. The lowest BCUT2D eigenvalue weighted by atomic mass is 10.1. The van der Waals surface area contributed by atoms with Crippen LogP contribution in [0.2, 0.25) is 0 Å². The van der Waals surface area contributed by atoms with Crippen molar-refractivity contribution in [1.29, 1.82) is 0 Å². The van der Waals surface area contributed by atoms with Crippen molar-refractivity contribution in [1.82, 2.24) is 5.32 Å². The minimum Gasteiger partial charge on any atom is -0.495 e. The molecule has 0 aliphatic rings. The Morgan fingerprint density at radius 1 is 1.12 bits per heavy atom. The summed E-state index contributed by atoms with van der Waals surface area (Å²) in [7, 11) is 2.76. The maximum atomic E-state index is 12.4. The lowest BCUT2D eigenvalue weighted by Gasteiger charge is -2.17. The number of hydrogen-bond donors (Lipinski definition) is 2. The molecular weight excluding hydrogens is 308 g/mol. The fourth-order valence-electron chi connectivity index (χ4n) is 2.28. The molecule has 2 rings (SSSR count). The number of nitrogen functional groups attached to an aromatic ring is 1. The van der Waals surface area contributed by atoms with Crippen molar-refractivity contribution in [2.75, 3.05) is 20.0 Å². The number of nitrogens with one attached hydrogen (secondary N) is 1. The fraction of sp³-hybridized carbons (Fsp3) is 0.222. The smallest absolute Gasteiger partial charge is 0.328 e. The molecule has 0 spiro atoms. The highest BCUT2D eigenvalue weighted by Gasteiger charge is 2.23. The third-order valence-electron chi connectivity index (χ3n) is 3.57. The van der Waals surface area contributed by atoms with Gasteiger partial charge in [0.2, 0.25) is 0 Å². The zero-order valence-corrected chi connectivity index (χ0v) is 13.6. The molecule has 6 nitrogen and oxygen atoms in total. The Morgan fingerprint density at radius 2 is 1.83 bits per heavy atom. The van der Waals surface area contributed by atoms with Crippen molar-refractivity contribution in [2.24, 2.45) is 0 Å².